The lowest BCUT2D eigenvalue weighted by Gasteiger charge is -2.26. The maximum absolute atomic E-state index is 11.2. The summed E-state index contributed by atoms with van der Waals surface area (Å²) in [5, 5.41) is 9.18. The van der Waals surface area contributed by atoms with Crippen LogP contribution in [0, 0.1) is 5.92 Å². The highest BCUT2D eigenvalue weighted by atomic mass is 16.5. The van der Waals surface area contributed by atoms with E-state index in [1.807, 2.05) is 0 Å². The fourth-order valence-corrected chi connectivity index (χ4v) is 1.45. The Kier molecular flexibility index (Phi) is 7.39. The van der Waals surface area contributed by atoms with E-state index in [2.05, 4.69) is 20.8 Å². The zero-order valence-corrected chi connectivity index (χ0v) is 11.1. The highest BCUT2D eigenvalue weighted by Crippen LogP contribution is 2.21. The van der Waals surface area contributed by atoms with Gasteiger partial charge < -0.3 is 9.84 Å². The van der Waals surface area contributed by atoms with Crippen LogP contribution in [-0.4, -0.2) is 23.3 Å². The molecule has 0 saturated heterocycles. The summed E-state index contributed by atoms with van der Waals surface area (Å²) in [6, 6.07) is 0. The second-order valence-electron chi connectivity index (χ2n) is 5.02. The molecule has 0 heterocycles. The molecule has 0 bridgehead atoms. The highest BCUT2D eigenvalue weighted by Gasteiger charge is 2.33. The van der Waals surface area contributed by atoms with Crippen LogP contribution in [0.15, 0.2) is 0 Å². The van der Waals surface area contributed by atoms with Crippen molar-refractivity contribution in [3.05, 3.63) is 0 Å². The standard InChI is InChI=1S/C13H26O3/c1-5-6-7-10-16-13(4,12(14)15)9-8-11(2)3/h11H,5-10H2,1-4H3,(H,14,15). The minimum absolute atomic E-state index is 0.512. The molecule has 0 aromatic rings. The zero-order valence-electron chi connectivity index (χ0n) is 11.1. The molecule has 0 aliphatic rings. The van der Waals surface area contributed by atoms with Crippen LogP contribution in [-0.2, 0) is 9.53 Å². The van der Waals surface area contributed by atoms with Crippen LogP contribution in [0.5, 0.6) is 0 Å². The third-order valence-electron chi connectivity index (χ3n) is 2.82. The Morgan fingerprint density at radius 2 is 2.00 bits per heavy atom. The van der Waals surface area contributed by atoms with Crippen molar-refractivity contribution in [2.45, 2.75) is 65.4 Å². The monoisotopic (exact) mass is 230 g/mol. The smallest absolute Gasteiger partial charge is 0.335 e. The van der Waals surface area contributed by atoms with E-state index in [0.717, 1.165) is 25.7 Å². The molecular weight excluding hydrogens is 204 g/mol. The second-order valence-corrected chi connectivity index (χ2v) is 5.02. The summed E-state index contributed by atoms with van der Waals surface area (Å²) in [6.45, 7) is 8.55. The molecule has 0 aromatic carbocycles. The van der Waals surface area contributed by atoms with Gasteiger partial charge in [-0.2, -0.15) is 0 Å². The molecule has 0 radical (unpaired) electrons. The molecule has 0 saturated carbocycles. The molecule has 96 valence electrons. The van der Waals surface area contributed by atoms with E-state index in [1.54, 1.807) is 6.92 Å². The van der Waals surface area contributed by atoms with Crippen molar-refractivity contribution in [2.24, 2.45) is 5.92 Å². The summed E-state index contributed by atoms with van der Waals surface area (Å²) in [6.07, 6.45) is 4.64. The number of aliphatic carboxylic acids is 1. The largest absolute Gasteiger partial charge is 0.479 e. The maximum atomic E-state index is 11.2. The molecule has 0 aliphatic heterocycles. The number of unbranched alkanes of at least 4 members (excludes halogenated alkanes) is 2. The quantitative estimate of drug-likeness (QED) is 0.617. The Morgan fingerprint density at radius 1 is 1.38 bits per heavy atom. The third-order valence-corrected chi connectivity index (χ3v) is 2.82. The Morgan fingerprint density at radius 3 is 2.44 bits per heavy atom. The predicted octanol–water partition coefficient (Wildman–Crippen LogP) is 3.47. The summed E-state index contributed by atoms with van der Waals surface area (Å²) in [5.74, 6) is -0.331. The minimum atomic E-state index is -1.00. The van der Waals surface area contributed by atoms with E-state index in [1.165, 1.54) is 0 Å². The van der Waals surface area contributed by atoms with Crippen molar-refractivity contribution in [3.8, 4) is 0 Å². The van der Waals surface area contributed by atoms with Crippen LogP contribution >= 0.6 is 0 Å². The number of carboxylic acids is 1. The van der Waals surface area contributed by atoms with Crippen molar-refractivity contribution >= 4 is 5.97 Å². The van der Waals surface area contributed by atoms with Gasteiger partial charge in [0, 0.05) is 6.61 Å². The van der Waals surface area contributed by atoms with E-state index in [9.17, 15) is 9.90 Å². The van der Waals surface area contributed by atoms with E-state index < -0.39 is 11.6 Å². The van der Waals surface area contributed by atoms with Gasteiger partial charge in [0.25, 0.3) is 0 Å². The Labute approximate surface area is 99.2 Å². The molecule has 1 atom stereocenters. The van der Waals surface area contributed by atoms with Crippen molar-refractivity contribution in [1.29, 1.82) is 0 Å². The molecule has 0 spiro atoms. The lowest BCUT2D eigenvalue weighted by Crippen LogP contribution is -2.39. The molecule has 0 aliphatic carbocycles. The Hall–Kier alpha value is -0.570. The van der Waals surface area contributed by atoms with Gasteiger partial charge in [-0.15, -0.1) is 0 Å². The number of rotatable bonds is 9. The van der Waals surface area contributed by atoms with Crippen molar-refractivity contribution < 1.29 is 14.6 Å². The first-order chi connectivity index (χ1) is 7.42. The van der Waals surface area contributed by atoms with Gasteiger partial charge in [0.1, 0.15) is 0 Å². The molecule has 1 N–H and O–H groups in total. The molecule has 0 rings (SSSR count). The lowest BCUT2D eigenvalue weighted by molar-refractivity contribution is -0.165. The van der Waals surface area contributed by atoms with Crippen molar-refractivity contribution in [2.75, 3.05) is 6.61 Å². The molecule has 0 amide bonds. The van der Waals surface area contributed by atoms with Gasteiger partial charge in [-0.3, -0.25) is 0 Å². The van der Waals surface area contributed by atoms with Gasteiger partial charge >= 0.3 is 5.97 Å². The molecular formula is C13H26O3. The second kappa shape index (κ2) is 7.66. The van der Waals surface area contributed by atoms with Crippen LogP contribution < -0.4 is 0 Å². The molecule has 1 unspecified atom stereocenters. The number of hydrogen-bond donors (Lipinski definition) is 1. The average molecular weight is 230 g/mol. The predicted molar refractivity (Wildman–Crippen MR) is 65.6 cm³/mol. The summed E-state index contributed by atoms with van der Waals surface area (Å²) in [7, 11) is 0. The molecule has 16 heavy (non-hydrogen) atoms. The lowest BCUT2D eigenvalue weighted by atomic mass is 9.95. The number of carboxylic acid groups (broad SMARTS) is 1. The van der Waals surface area contributed by atoms with Crippen LogP contribution in [0.1, 0.15) is 59.8 Å². The summed E-state index contributed by atoms with van der Waals surface area (Å²) < 4.78 is 5.54. The fraction of sp³-hybridized carbons (Fsp3) is 0.923. The van der Waals surface area contributed by atoms with Crippen molar-refractivity contribution in [3.63, 3.8) is 0 Å². The van der Waals surface area contributed by atoms with Crippen LogP contribution in [0.3, 0.4) is 0 Å². The van der Waals surface area contributed by atoms with Crippen LogP contribution in [0.25, 0.3) is 0 Å². The molecule has 0 fully saturated rings. The SMILES string of the molecule is CCCCCOC(C)(CCC(C)C)C(=O)O. The first kappa shape index (κ1) is 15.4. The van der Waals surface area contributed by atoms with Gasteiger partial charge in [-0.1, -0.05) is 33.6 Å². The van der Waals surface area contributed by atoms with E-state index in [4.69, 9.17) is 4.74 Å². The van der Waals surface area contributed by atoms with Crippen LogP contribution in [0.2, 0.25) is 0 Å². The third kappa shape index (κ3) is 6.11. The molecule has 3 heteroatoms. The van der Waals surface area contributed by atoms with Gasteiger partial charge in [0.2, 0.25) is 0 Å². The first-order valence-corrected chi connectivity index (χ1v) is 6.29. The molecule has 0 aromatic heterocycles. The highest BCUT2D eigenvalue weighted by molar-refractivity contribution is 5.76. The van der Waals surface area contributed by atoms with Crippen molar-refractivity contribution in [1.82, 2.24) is 0 Å². The van der Waals surface area contributed by atoms with Gasteiger partial charge in [-0.05, 0) is 32.1 Å². The number of hydrogen-bond acceptors (Lipinski definition) is 2. The minimum Gasteiger partial charge on any atom is -0.479 e. The first-order valence-electron chi connectivity index (χ1n) is 6.29. The fourth-order valence-electron chi connectivity index (χ4n) is 1.45. The number of carbonyl (C=O) groups is 1. The molecule has 3 nitrogen and oxygen atoms in total. The zero-order chi connectivity index (χ0) is 12.6. The van der Waals surface area contributed by atoms with E-state index in [-0.39, 0.29) is 0 Å². The maximum Gasteiger partial charge on any atom is 0.335 e. The van der Waals surface area contributed by atoms with E-state index >= 15 is 0 Å². The summed E-state index contributed by atoms with van der Waals surface area (Å²) in [4.78, 5) is 11.2. The summed E-state index contributed by atoms with van der Waals surface area (Å²) >= 11 is 0. The van der Waals surface area contributed by atoms with Gasteiger partial charge in [0.05, 0.1) is 0 Å². The Balaban J connectivity index is 4.07. The van der Waals surface area contributed by atoms with Gasteiger partial charge in [-0.25, -0.2) is 4.79 Å². The normalized spacial score (nSPS) is 15.1. The average Bonchev–Trinajstić information content (AvgIpc) is 2.21. The van der Waals surface area contributed by atoms with Crippen LogP contribution in [0.4, 0.5) is 0 Å². The topological polar surface area (TPSA) is 46.5 Å². The van der Waals surface area contributed by atoms with E-state index in [0.29, 0.717) is 18.9 Å². The van der Waals surface area contributed by atoms with Gasteiger partial charge in [0.15, 0.2) is 5.60 Å². The summed E-state index contributed by atoms with van der Waals surface area (Å²) in [5.41, 5.74) is -1.00. The number of ether oxygens (including phenoxy) is 1. The Bertz CT molecular complexity index is 201.